The molecule has 0 radical (unpaired) electrons. The van der Waals surface area contributed by atoms with E-state index in [4.69, 9.17) is 10.5 Å². The molecule has 0 aliphatic carbocycles. The van der Waals surface area contributed by atoms with Gasteiger partial charge in [-0.05, 0) is 6.92 Å². The highest BCUT2D eigenvalue weighted by Gasteiger charge is 2.12. The summed E-state index contributed by atoms with van der Waals surface area (Å²) in [5.74, 6) is 0.332. The van der Waals surface area contributed by atoms with Crippen molar-refractivity contribution in [2.24, 2.45) is 0 Å². The largest absolute Gasteiger partial charge is 0.461 e. The van der Waals surface area contributed by atoms with Crippen LogP contribution >= 0.6 is 34.4 Å². The Hall–Kier alpha value is -1.12. The van der Waals surface area contributed by atoms with Crippen molar-refractivity contribution in [2.45, 2.75) is 16.9 Å². The van der Waals surface area contributed by atoms with E-state index in [2.05, 4.69) is 9.97 Å². The number of ether oxygens (including phenoxy) is 1. The van der Waals surface area contributed by atoms with E-state index >= 15 is 0 Å². The molecule has 8 heteroatoms. The minimum absolute atomic E-state index is 0.360. The number of hydrogen-bond donors (Lipinski definition) is 1. The van der Waals surface area contributed by atoms with Gasteiger partial charge in [0, 0.05) is 11.1 Å². The first-order valence-electron chi connectivity index (χ1n) is 5.14. The highest BCUT2D eigenvalue weighted by Crippen LogP contribution is 2.29. The predicted octanol–water partition coefficient (Wildman–Crippen LogP) is 2.65. The zero-order valence-corrected chi connectivity index (χ0v) is 12.0. The quantitative estimate of drug-likeness (QED) is 0.675. The van der Waals surface area contributed by atoms with Gasteiger partial charge in [0.2, 0.25) is 5.01 Å². The molecule has 2 N–H and O–H groups in total. The van der Waals surface area contributed by atoms with E-state index < -0.39 is 0 Å². The fraction of sp³-hybridized carbons (Fsp3) is 0.300. The van der Waals surface area contributed by atoms with E-state index in [1.54, 1.807) is 24.9 Å². The lowest BCUT2D eigenvalue weighted by molar-refractivity contribution is 0.0525. The maximum Gasteiger partial charge on any atom is 0.367 e. The number of carbonyl (C=O) groups is 1. The van der Waals surface area contributed by atoms with Gasteiger partial charge in [0.25, 0.3) is 0 Å². The second-order valence-corrected chi connectivity index (χ2v) is 6.37. The number of carbonyl (C=O) groups excluding carboxylic acids is 1. The molecule has 0 aliphatic heterocycles. The van der Waals surface area contributed by atoms with Crippen LogP contribution in [0.25, 0.3) is 0 Å². The van der Waals surface area contributed by atoms with Crippen molar-refractivity contribution in [3.05, 3.63) is 22.3 Å². The molecule has 0 aliphatic rings. The smallest absolute Gasteiger partial charge is 0.367 e. The van der Waals surface area contributed by atoms with Gasteiger partial charge in [-0.15, -0.1) is 23.1 Å². The van der Waals surface area contributed by atoms with Crippen molar-refractivity contribution >= 4 is 45.5 Å². The molecule has 5 nitrogen and oxygen atoms in total. The fourth-order valence-electron chi connectivity index (χ4n) is 1.14. The van der Waals surface area contributed by atoms with E-state index in [1.807, 2.05) is 5.38 Å². The fourth-order valence-corrected chi connectivity index (χ4v) is 3.61. The number of nitrogen functional groups attached to an aromatic ring is 1. The Labute approximate surface area is 116 Å². The Kier molecular flexibility index (Phi) is 4.56. The summed E-state index contributed by atoms with van der Waals surface area (Å²) in [7, 11) is 0. The van der Waals surface area contributed by atoms with Crippen molar-refractivity contribution in [1.29, 1.82) is 0 Å². The molecule has 96 valence electrons. The highest BCUT2D eigenvalue weighted by atomic mass is 32.2. The van der Waals surface area contributed by atoms with Crippen LogP contribution in [0.5, 0.6) is 0 Å². The Morgan fingerprint density at radius 3 is 3.11 bits per heavy atom. The van der Waals surface area contributed by atoms with Crippen LogP contribution in [0.15, 0.2) is 15.8 Å². The molecule has 2 aromatic rings. The van der Waals surface area contributed by atoms with Crippen LogP contribution in [0.1, 0.15) is 22.4 Å². The Morgan fingerprint density at radius 2 is 2.44 bits per heavy atom. The number of anilines is 1. The summed E-state index contributed by atoms with van der Waals surface area (Å²) in [6.07, 6.45) is 1.74. The number of esters is 1. The Morgan fingerprint density at radius 1 is 1.61 bits per heavy atom. The second-order valence-electron chi connectivity index (χ2n) is 3.17. The Bertz CT molecular complexity index is 538. The van der Waals surface area contributed by atoms with Crippen LogP contribution in [-0.2, 0) is 10.5 Å². The van der Waals surface area contributed by atoms with E-state index in [-0.39, 0.29) is 5.97 Å². The van der Waals surface area contributed by atoms with Crippen molar-refractivity contribution in [2.75, 3.05) is 12.3 Å². The zero-order valence-electron chi connectivity index (χ0n) is 9.58. The molecule has 0 saturated carbocycles. The lowest BCUT2D eigenvalue weighted by atomic mass is 10.6. The summed E-state index contributed by atoms with van der Waals surface area (Å²) in [6.45, 7) is 2.14. The van der Waals surface area contributed by atoms with Crippen molar-refractivity contribution in [1.82, 2.24) is 9.97 Å². The average molecular weight is 301 g/mol. The number of rotatable bonds is 5. The van der Waals surface area contributed by atoms with Gasteiger partial charge in [0.15, 0.2) is 5.13 Å². The van der Waals surface area contributed by atoms with E-state index in [0.717, 1.165) is 9.90 Å². The lowest BCUT2D eigenvalue weighted by Crippen LogP contribution is -2.03. The molecule has 0 unspecified atom stereocenters. The minimum Gasteiger partial charge on any atom is -0.461 e. The highest BCUT2D eigenvalue weighted by molar-refractivity contribution is 8.00. The number of aromatic nitrogens is 2. The third-order valence-corrected chi connectivity index (χ3v) is 4.79. The van der Waals surface area contributed by atoms with Crippen LogP contribution < -0.4 is 5.73 Å². The van der Waals surface area contributed by atoms with Gasteiger partial charge in [-0.3, -0.25) is 0 Å². The van der Waals surface area contributed by atoms with Crippen LogP contribution in [-0.4, -0.2) is 22.5 Å². The first kappa shape index (κ1) is 13.3. The molecule has 18 heavy (non-hydrogen) atoms. The number of nitrogens with zero attached hydrogens (tertiary/aromatic N) is 2. The lowest BCUT2D eigenvalue weighted by Gasteiger charge is -1.96. The van der Waals surface area contributed by atoms with Gasteiger partial charge >= 0.3 is 5.97 Å². The molecule has 0 bridgehead atoms. The molecule has 0 atom stereocenters. The first-order valence-corrected chi connectivity index (χ1v) is 7.83. The average Bonchev–Trinajstić information content (AvgIpc) is 2.95. The van der Waals surface area contributed by atoms with Gasteiger partial charge in [-0.2, -0.15) is 0 Å². The van der Waals surface area contributed by atoms with Crippen molar-refractivity contribution < 1.29 is 9.53 Å². The maximum atomic E-state index is 11.4. The molecule has 0 fully saturated rings. The van der Waals surface area contributed by atoms with Gasteiger partial charge in [0.05, 0.1) is 22.7 Å². The summed E-state index contributed by atoms with van der Waals surface area (Å²) >= 11 is 4.34. The topological polar surface area (TPSA) is 78.1 Å². The first-order chi connectivity index (χ1) is 8.69. The third-order valence-electron chi connectivity index (χ3n) is 1.87. The predicted molar refractivity (Wildman–Crippen MR) is 74.2 cm³/mol. The number of thioether (sulfide) groups is 1. The van der Waals surface area contributed by atoms with Crippen LogP contribution in [0.4, 0.5) is 5.13 Å². The summed E-state index contributed by atoms with van der Waals surface area (Å²) in [4.78, 5) is 19.6. The number of thiazole rings is 2. The summed E-state index contributed by atoms with van der Waals surface area (Å²) in [6, 6.07) is 0. The normalized spacial score (nSPS) is 10.5. The molecule has 0 amide bonds. The molecule has 2 rings (SSSR count). The summed E-state index contributed by atoms with van der Waals surface area (Å²) in [5.41, 5.74) is 6.41. The molecular weight excluding hydrogens is 290 g/mol. The summed E-state index contributed by atoms with van der Waals surface area (Å²) in [5, 5.41) is 2.82. The van der Waals surface area contributed by atoms with Crippen molar-refractivity contribution in [3.63, 3.8) is 0 Å². The van der Waals surface area contributed by atoms with Crippen molar-refractivity contribution in [3.8, 4) is 0 Å². The Balaban J connectivity index is 1.92. The maximum absolute atomic E-state index is 11.4. The number of nitrogens with two attached hydrogens (primary N) is 1. The minimum atomic E-state index is -0.360. The second kappa shape index (κ2) is 6.17. The third kappa shape index (κ3) is 3.44. The molecule has 2 heterocycles. The standard InChI is InChI=1S/C10H11N3O2S3/c1-2-15-9(14)8-13-6(5-17-8)4-16-7-3-12-10(11)18-7/h3,5H,2,4H2,1H3,(H2,11,12). The zero-order chi connectivity index (χ0) is 13.0. The molecule has 2 aromatic heterocycles. The molecular formula is C10H11N3O2S3. The van der Waals surface area contributed by atoms with Crippen LogP contribution in [0.3, 0.4) is 0 Å². The van der Waals surface area contributed by atoms with E-state index in [1.165, 1.54) is 22.7 Å². The van der Waals surface area contributed by atoms with Gasteiger partial charge in [-0.1, -0.05) is 11.3 Å². The van der Waals surface area contributed by atoms with Crippen LogP contribution in [0.2, 0.25) is 0 Å². The van der Waals surface area contributed by atoms with Gasteiger partial charge in [-0.25, -0.2) is 14.8 Å². The molecule has 0 spiro atoms. The SMILES string of the molecule is CCOC(=O)c1nc(CSc2cnc(N)s2)cs1. The molecule has 0 saturated heterocycles. The summed E-state index contributed by atoms with van der Waals surface area (Å²) < 4.78 is 5.93. The monoisotopic (exact) mass is 301 g/mol. The van der Waals surface area contributed by atoms with Gasteiger partial charge < -0.3 is 10.5 Å². The van der Waals surface area contributed by atoms with E-state index in [0.29, 0.717) is 22.5 Å². The van der Waals surface area contributed by atoms with Gasteiger partial charge in [0.1, 0.15) is 0 Å². The van der Waals surface area contributed by atoms with Crippen LogP contribution in [0, 0.1) is 0 Å². The van der Waals surface area contributed by atoms with E-state index in [9.17, 15) is 4.79 Å². The number of hydrogen-bond acceptors (Lipinski definition) is 8. The molecule has 0 aromatic carbocycles.